The van der Waals surface area contributed by atoms with E-state index in [4.69, 9.17) is 9.47 Å². The maximum Gasteiger partial charge on any atom is 0.281 e. The van der Waals surface area contributed by atoms with Gasteiger partial charge in [-0.2, -0.15) is 8.42 Å². The van der Waals surface area contributed by atoms with E-state index in [0.717, 1.165) is 16.7 Å². The summed E-state index contributed by atoms with van der Waals surface area (Å²) in [6.07, 6.45) is 0. The van der Waals surface area contributed by atoms with Gasteiger partial charge in [-0.3, -0.25) is 4.79 Å². The minimum absolute atomic E-state index is 0. The molecule has 0 spiro atoms. The molecule has 198 valence electrons. The first-order chi connectivity index (χ1) is 18.0. The Hall–Kier alpha value is -4.31. The molecule has 4 aromatic rings. The van der Waals surface area contributed by atoms with Crippen molar-refractivity contribution in [3.8, 4) is 28.6 Å². The smallest absolute Gasteiger partial charge is 0.281 e. The molecule has 4 rings (SSSR count). The Morgan fingerprint density at radius 2 is 1.63 bits per heavy atom. The van der Waals surface area contributed by atoms with E-state index in [-0.39, 0.29) is 34.9 Å². The van der Waals surface area contributed by atoms with Crippen LogP contribution in [-0.2, 0) is 10.0 Å². The molecule has 8 nitrogen and oxygen atoms in total. The van der Waals surface area contributed by atoms with Crippen molar-refractivity contribution in [2.45, 2.75) is 32.7 Å². The van der Waals surface area contributed by atoms with Crippen LogP contribution in [0.25, 0.3) is 11.3 Å². The predicted octanol–water partition coefficient (Wildman–Crippen LogP) is 5.68. The number of aromatic nitrogens is 2. The van der Waals surface area contributed by atoms with Crippen molar-refractivity contribution in [2.24, 2.45) is 0 Å². The predicted molar refractivity (Wildman–Crippen MR) is 143 cm³/mol. The molecule has 1 amide bonds. The highest BCUT2D eigenvalue weighted by molar-refractivity contribution is 7.90. The van der Waals surface area contributed by atoms with Crippen molar-refractivity contribution in [1.82, 2.24) is 14.7 Å². The zero-order valence-electron chi connectivity index (χ0n) is 21.5. The fraction of sp³-hybridized carbons (Fsp3) is 0.179. The Morgan fingerprint density at radius 1 is 0.947 bits per heavy atom. The lowest BCUT2D eigenvalue weighted by Crippen LogP contribution is -2.31. The summed E-state index contributed by atoms with van der Waals surface area (Å²) in [7, 11) is -2.94. The molecule has 1 N–H and O–H groups in total. The van der Waals surface area contributed by atoms with Gasteiger partial charge in [0.2, 0.25) is 5.88 Å². The molecule has 0 unspecified atom stereocenters. The van der Waals surface area contributed by atoms with Gasteiger partial charge < -0.3 is 9.47 Å². The SMILES string of the molecule is COc1cccc(-c2ccc(C(=O)NS(=O)(=O)c3cccc(C)n3)c(Oc3c(C)cc(C)cc3C)n2)c1F.[HH]. The normalized spacial score (nSPS) is 11.2. The molecule has 2 aromatic carbocycles. The van der Waals surface area contributed by atoms with Gasteiger partial charge in [-0.05, 0) is 75.2 Å². The average Bonchev–Trinajstić information content (AvgIpc) is 2.86. The summed E-state index contributed by atoms with van der Waals surface area (Å²) in [6.45, 7) is 7.26. The van der Waals surface area contributed by atoms with Gasteiger partial charge in [0.05, 0.1) is 12.8 Å². The van der Waals surface area contributed by atoms with E-state index in [1.165, 1.54) is 43.5 Å². The molecular formula is C28H28FN3O5S. The first kappa shape index (κ1) is 26.7. The highest BCUT2D eigenvalue weighted by atomic mass is 32.2. The van der Waals surface area contributed by atoms with Crippen LogP contribution < -0.4 is 14.2 Å². The third-order valence-corrected chi connectivity index (χ3v) is 6.96. The van der Waals surface area contributed by atoms with Gasteiger partial charge >= 0.3 is 0 Å². The highest BCUT2D eigenvalue weighted by Crippen LogP contribution is 2.34. The van der Waals surface area contributed by atoms with E-state index in [0.29, 0.717) is 11.4 Å². The molecule has 0 saturated heterocycles. The van der Waals surface area contributed by atoms with Crippen LogP contribution in [0.4, 0.5) is 4.39 Å². The molecular weight excluding hydrogens is 509 g/mol. The molecule has 2 aromatic heterocycles. The number of halogens is 1. The summed E-state index contributed by atoms with van der Waals surface area (Å²) in [5.41, 5.74) is 3.18. The fourth-order valence-electron chi connectivity index (χ4n) is 4.03. The third-order valence-electron chi connectivity index (χ3n) is 5.73. The van der Waals surface area contributed by atoms with Gasteiger partial charge in [0.25, 0.3) is 15.9 Å². The number of hydrogen-bond donors (Lipinski definition) is 1. The number of amides is 1. The van der Waals surface area contributed by atoms with Crippen LogP contribution in [0.5, 0.6) is 17.4 Å². The Kier molecular flexibility index (Phi) is 7.45. The van der Waals surface area contributed by atoms with Gasteiger partial charge in [-0.1, -0.05) is 29.8 Å². The Balaban J connectivity index is 0.00000420. The van der Waals surface area contributed by atoms with Crippen LogP contribution in [0.2, 0.25) is 0 Å². The van der Waals surface area contributed by atoms with Crippen molar-refractivity contribution < 1.29 is 28.5 Å². The van der Waals surface area contributed by atoms with Crippen molar-refractivity contribution in [3.05, 3.63) is 94.4 Å². The van der Waals surface area contributed by atoms with E-state index in [1.54, 1.807) is 19.1 Å². The van der Waals surface area contributed by atoms with Gasteiger partial charge in [0, 0.05) is 12.7 Å². The second-order valence-electron chi connectivity index (χ2n) is 8.75. The lowest BCUT2D eigenvalue weighted by Gasteiger charge is -2.16. The first-order valence-corrected chi connectivity index (χ1v) is 13.1. The number of benzene rings is 2. The number of methoxy groups -OCH3 is 1. The number of hydrogen-bond acceptors (Lipinski definition) is 7. The van der Waals surface area contributed by atoms with Crippen molar-refractivity contribution in [1.29, 1.82) is 0 Å². The van der Waals surface area contributed by atoms with E-state index >= 15 is 4.39 Å². The molecule has 0 aliphatic carbocycles. The second-order valence-corrected chi connectivity index (χ2v) is 10.4. The minimum Gasteiger partial charge on any atom is -0.494 e. The minimum atomic E-state index is -4.29. The largest absolute Gasteiger partial charge is 0.494 e. The molecule has 2 heterocycles. The van der Waals surface area contributed by atoms with Gasteiger partial charge in [-0.25, -0.2) is 19.1 Å². The molecule has 0 fully saturated rings. The molecule has 0 atom stereocenters. The quantitative estimate of drug-likeness (QED) is 0.323. The average molecular weight is 538 g/mol. The number of carbonyl (C=O) groups is 1. The van der Waals surface area contributed by atoms with E-state index < -0.39 is 21.7 Å². The molecule has 10 heteroatoms. The number of nitrogens with one attached hydrogen (secondary N) is 1. The maximum absolute atomic E-state index is 15.0. The summed E-state index contributed by atoms with van der Waals surface area (Å²) in [5.74, 6) is -1.33. The van der Waals surface area contributed by atoms with Crippen LogP contribution in [-0.4, -0.2) is 31.4 Å². The number of sulfonamides is 1. The molecule has 0 aliphatic rings. The van der Waals surface area contributed by atoms with Crippen LogP contribution in [0, 0.1) is 33.5 Å². The second kappa shape index (κ2) is 10.6. The van der Waals surface area contributed by atoms with Gasteiger partial charge in [0.1, 0.15) is 11.3 Å². The number of aryl methyl sites for hydroxylation is 4. The first-order valence-electron chi connectivity index (χ1n) is 11.6. The summed E-state index contributed by atoms with van der Waals surface area (Å²) in [6, 6.07) is 15.6. The summed E-state index contributed by atoms with van der Waals surface area (Å²) in [4.78, 5) is 21.7. The molecule has 0 saturated carbocycles. The third kappa shape index (κ3) is 5.50. The van der Waals surface area contributed by atoms with Crippen LogP contribution in [0.3, 0.4) is 0 Å². The fourth-order valence-corrected chi connectivity index (χ4v) is 5.01. The molecule has 38 heavy (non-hydrogen) atoms. The van der Waals surface area contributed by atoms with Crippen molar-refractivity contribution >= 4 is 15.9 Å². The number of ether oxygens (including phenoxy) is 2. The van der Waals surface area contributed by atoms with E-state index in [1.807, 2.05) is 37.6 Å². The number of rotatable bonds is 7. The van der Waals surface area contributed by atoms with E-state index in [2.05, 4.69) is 9.97 Å². The van der Waals surface area contributed by atoms with Crippen molar-refractivity contribution in [2.75, 3.05) is 7.11 Å². The summed E-state index contributed by atoms with van der Waals surface area (Å²) >= 11 is 0. The Bertz CT molecular complexity index is 1640. The summed E-state index contributed by atoms with van der Waals surface area (Å²) < 4.78 is 54.0. The number of carbonyl (C=O) groups excluding carboxylic acids is 1. The molecule has 0 aliphatic heterocycles. The molecule has 0 bridgehead atoms. The van der Waals surface area contributed by atoms with Crippen molar-refractivity contribution in [3.63, 3.8) is 0 Å². The summed E-state index contributed by atoms with van der Waals surface area (Å²) in [5, 5.41) is -0.304. The van der Waals surface area contributed by atoms with Crippen LogP contribution in [0.1, 0.15) is 34.2 Å². The number of nitrogens with zero attached hydrogens (tertiary/aromatic N) is 2. The van der Waals surface area contributed by atoms with Crippen LogP contribution in [0.15, 0.2) is 65.7 Å². The van der Waals surface area contributed by atoms with Crippen LogP contribution >= 0.6 is 0 Å². The standard InChI is InChI=1S/C28H26FN3O5S.H2/c1-16-14-17(2)26(18(3)15-16)37-28-21(27(33)32-38(34,35)24-11-6-8-19(4)30-24)12-13-22(31-28)20-9-7-10-23(36-5)25(20)29;/h6-15H,1-5H3,(H,32,33);1H. The lowest BCUT2D eigenvalue weighted by atomic mass is 10.1. The van der Waals surface area contributed by atoms with Gasteiger partial charge in [-0.15, -0.1) is 0 Å². The Morgan fingerprint density at radius 3 is 2.29 bits per heavy atom. The Labute approximate surface area is 222 Å². The van der Waals surface area contributed by atoms with Gasteiger partial charge in [0.15, 0.2) is 16.6 Å². The number of pyridine rings is 2. The highest BCUT2D eigenvalue weighted by Gasteiger charge is 2.25. The lowest BCUT2D eigenvalue weighted by molar-refractivity contribution is 0.0978. The molecule has 0 radical (unpaired) electrons. The monoisotopic (exact) mass is 537 g/mol. The topological polar surface area (TPSA) is 107 Å². The maximum atomic E-state index is 15.0. The van der Waals surface area contributed by atoms with E-state index in [9.17, 15) is 13.2 Å². The zero-order chi connectivity index (χ0) is 27.6. The zero-order valence-corrected chi connectivity index (χ0v) is 22.3.